The normalized spacial score (nSPS) is 14.8. The average molecular weight is 484 g/mol. The lowest BCUT2D eigenvalue weighted by atomic mass is 9.98. The summed E-state index contributed by atoms with van der Waals surface area (Å²) in [6.07, 6.45) is 0. The molecule has 8 heteroatoms. The van der Waals surface area contributed by atoms with Crippen LogP contribution in [0.15, 0.2) is 36.4 Å². The van der Waals surface area contributed by atoms with Crippen molar-refractivity contribution in [3.63, 3.8) is 0 Å². The molecule has 0 unspecified atom stereocenters. The first kappa shape index (κ1) is 25.9. The monoisotopic (exact) mass is 483 g/mol. The molecule has 2 heterocycles. The quantitative estimate of drug-likeness (QED) is 0.430. The number of benzene rings is 2. The zero-order chi connectivity index (χ0) is 24.8. The predicted octanol–water partition coefficient (Wildman–Crippen LogP) is 4.96. The first-order valence-corrected chi connectivity index (χ1v) is 12.4. The van der Waals surface area contributed by atoms with Crippen molar-refractivity contribution in [2.75, 3.05) is 33.2 Å². The number of likely N-dealkylation sites (N-methyl/N-ethyl adjacent to an activating group) is 1. The predicted molar refractivity (Wildman–Crippen MR) is 140 cm³/mol. The van der Waals surface area contributed by atoms with Crippen LogP contribution in [0, 0.1) is 4.77 Å². The fourth-order valence-corrected chi connectivity index (χ4v) is 4.38. The van der Waals surface area contributed by atoms with Gasteiger partial charge in [0.25, 0.3) is 0 Å². The Labute approximate surface area is 207 Å². The lowest BCUT2D eigenvalue weighted by Crippen LogP contribution is -2.43. The van der Waals surface area contributed by atoms with Crippen LogP contribution in [-0.4, -0.2) is 68.0 Å². The van der Waals surface area contributed by atoms with Crippen molar-refractivity contribution in [2.24, 2.45) is 0 Å². The van der Waals surface area contributed by atoms with E-state index in [1.54, 1.807) is 6.07 Å². The molecule has 34 heavy (non-hydrogen) atoms. The third kappa shape index (κ3) is 6.05. The van der Waals surface area contributed by atoms with Crippen LogP contribution in [0.3, 0.4) is 0 Å². The van der Waals surface area contributed by atoms with Gasteiger partial charge in [-0.15, -0.1) is 0 Å². The Morgan fingerprint density at radius 1 is 0.971 bits per heavy atom. The third-order valence-electron chi connectivity index (χ3n) is 6.10. The average Bonchev–Trinajstić information content (AvgIpc) is 3.16. The maximum absolute atomic E-state index is 10.5. The minimum Gasteiger partial charge on any atom is -0.508 e. The second-order valence-corrected chi connectivity index (χ2v) is 9.31. The number of phenolic OH excluding ortho intramolecular Hbond substituents is 2. The largest absolute Gasteiger partial charge is 0.508 e. The van der Waals surface area contributed by atoms with E-state index in [0.29, 0.717) is 22.7 Å². The van der Waals surface area contributed by atoms with Gasteiger partial charge in [0.1, 0.15) is 11.5 Å². The molecule has 1 aliphatic rings. The molecule has 0 atom stereocenters. The number of H-pyrrole nitrogens is 1. The SMILES string of the molecule is CC.CC(C)c1cc(-c2n[nH]c(=S)n2Cc2cccc(CN3CCN(C)CC3)c2)c(O)cc1O. The summed E-state index contributed by atoms with van der Waals surface area (Å²) in [5.41, 5.74) is 3.70. The van der Waals surface area contributed by atoms with E-state index in [0.717, 1.165) is 43.9 Å². The molecule has 2 aromatic carbocycles. The molecule has 0 spiro atoms. The van der Waals surface area contributed by atoms with Crippen LogP contribution in [0.5, 0.6) is 11.5 Å². The van der Waals surface area contributed by atoms with Crippen LogP contribution in [0.25, 0.3) is 11.4 Å². The summed E-state index contributed by atoms with van der Waals surface area (Å²) in [6.45, 7) is 13.8. The number of aromatic hydroxyl groups is 2. The minimum atomic E-state index is -0.0223. The maximum Gasteiger partial charge on any atom is 0.195 e. The molecule has 1 fully saturated rings. The summed E-state index contributed by atoms with van der Waals surface area (Å²) in [5, 5.41) is 28.0. The van der Waals surface area contributed by atoms with Crippen LogP contribution >= 0.6 is 12.2 Å². The number of nitrogens with one attached hydrogen (secondary N) is 1. The van der Waals surface area contributed by atoms with Crippen LogP contribution in [0.4, 0.5) is 0 Å². The Hall–Kier alpha value is -2.68. The molecule has 0 aliphatic carbocycles. The Morgan fingerprint density at radius 2 is 1.62 bits per heavy atom. The van der Waals surface area contributed by atoms with Gasteiger partial charge in [-0.05, 0) is 47.9 Å². The molecular weight excluding hydrogens is 446 g/mol. The number of aromatic nitrogens is 3. The third-order valence-corrected chi connectivity index (χ3v) is 6.41. The summed E-state index contributed by atoms with van der Waals surface area (Å²) in [4.78, 5) is 4.84. The molecule has 0 radical (unpaired) electrons. The Kier molecular flexibility index (Phi) is 8.88. The van der Waals surface area contributed by atoms with E-state index in [4.69, 9.17) is 12.2 Å². The highest BCUT2D eigenvalue weighted by atomic mass is 32.1. The number of nitrogens with zero attached hydrogens (tertiary/aromatic N) is 4. The smallest absolute Gasteiger partial charge is 0.195 e. The minimum absolute atomic E-state index is 0.0223. The fourth-order valence-electron chi connectivity index (χ4n) is 4.18. The Bertz CT molecular complexity index is 1150. The van der Waals surface area contributed by atoms with Gasteiger partial charge in [0.2, 0.25) is 0 Å². The first-order chi connectivity index (χ1) is 16.3. The van der Waals surface area contributed by atoms with E-state index in [-0.39, 0.29) is 17.4 Å². The molecule has 184 valence electrons. The molecule has 3 N–H and O–H groups in total. The van der Waals surface area contributed by atoms with E-state index in [2.05, 4.69) is 51.3 Å². The number of rotatable bonds is 6. The van der Waals surface area contributed by atoms with E-state index < -0.39 is 0 Å². The molecule has 0 amide bonds. The topological polar surface area (TPSA) is 80.6 Å². The molecule has 4 rings (SSSR count). The zero-order valence-corrected chi connectivity index (χ0v) is 21.7. The number of piperazine rings is 1. The first-order valence-electron chi connectivity index (χ1n) is 12.0. The van der Waals surface area contributed by atoms with Crippen molar-refractivity contribution in [3.05, 3.63) is 57.9 Å². The van der Waals surface area contributed by atoms with Gasteiger partial charge in [0.05, 0.1) is 12.1 Å². The summed E-state index contributed by atoms with van der Waals surface area (Å²) in [6, 6.07) is 11.7. The Morgan fingerprint density at radius 3 is 2.26 bits per heavy atom. The summed E-state index contributed by atoms with van der Waals surface area (Å²) < 4.78 is 2.38. The van der Waals surface area contributed by atoms with Gasteiger partial charge in [-0.1, -0.05) is 52.0 Å². The molecular formula is C26H37N5O2S. The maximum atomic E-state index is 10.5. The lowest BCUT2D eigenvalue weighted by molar-refractivity contribution is 0.148. The van der Waals surface area contributed by atoms with E-state index in [1.165, 1.54) is 11.6 Å². The second-order valence-electron chi connectivity index (χ2n) is 8.92. The highest BCUT2D eigenvalue weighted by Crippen LogP contribution is 2.37. The molecule has 0 saturated carbocycles. The van der Waals surface area contributed by atoms with Crippen LogP contribution < -0.4 is 0 Å². The fraction of sp³-hybridized carbons (Fsp3) is 0.462. The lowest BCUT2D eigenvalue weighted by Gasteiger charge is -2.32. The van der Waals surface area contributed by atoms with Crippen molar-refractivity contribution in [1.82, 2.24) is 24.6 Å². The van der Waals surface area contributed by atoms with Gasteiger partial charge in [-0.25, -0.2) is 0 Å². The standard InChI is InChI=1S/C24H31N5O2S.C2H6/c1-16(2)19-12-20(22(31)13-21(19)30)23-25-26-24(32)29(23)15-18-6-4-5-17(11-18)14-28-9-7-27(3)8-10-28;1-2/h4-6,11-13,16,30-31H,7-10,14-15H2,1-3H3,(H,26,32);1-2H3. The highest BCUT2D eigenvalue weighted by Gasteiger charge is 2.18. The Balaban J connectivity index is 0.00000158. The molecule has 7 nitrogen and oxygen atoms in total. The summed E-state index contributed by atoms with van der Waals surface area (Å²) in [5.74, 6) is 0.722. The van der Waals surface area contributed by atoms with Gasteiger partial charge in [-0.3, -0.25) is 14.6 Å². The van der Waals surface area contributed by atoms with Crippen LogP contribution in [0.1, 0.15) is 50.3 Å². The molecule has 1 aliphatic heterocycles. The van der Waals surface area contributed by atoms with Crippen LogP contribution in [0.2, 0.25) is 0 Å². The highest BCUT2D eigenvalue weighted by molar-refractivity contribution is 7.71. The molecule has 1 saturated heterocycles. The van der Waals surface area contributed by atoms with Crippen molar-refractivity contribution in [1.29, 1.82) is 0 Å². The van der Waals surface area contributed by atoms with E-state index in [9.17, 15) is 10.2 Å². The van der Waals surface area contributed by atoms with E-state index >= 15 is 0 Å². The molecule has 0 bridgehead atoms. The van der Waals surface area contributed by atoms with Gasteiger partial charge in [-0.2, -0.15) is 5.10 Å². The van der Waals surface area contributed by atoms with Gasteiger partial charge in [0.15, 0.2) is 10.6 Å². The summed E-state index contributed by atoms with van der Waals surface area (Å²) >= 11 is 5.50. The number of aromatic amines is 1. The number of hydrogen-bond acceptors (Lipinski definition) is 6. The van der Waals surface area contributed by atoms with Gasteiger partial charge in [0, 0.05) is 38.8 Å². The van der Waals surface area contributed by atoms with Gasteiger partial charge >= 0.3 is 0 Å². The molecule has 3 aromatic rings. The number of hydrogen-bond donors (Lipinski definition) is 3. The number of phenols is 2. The van der Waals surface area contributed by atoms with Crippen molar-refractivity contribution < 1.29 is 10.2 Å². The van der Waals surface area contributed by atoms with Gasteiger partial charge < -0.3 is 15.1 Å². The zero-order valence-electron chi connectivity index (χ0n) is 20.9. The van der Waals surface area contributed by atoms with Crippen molar-refractivity contribution >= 4 is 12.2 Å². The van der Waals surface area contributed by atoms with Crippen molar-refractivity contribution in [2.45, 2.75) is 46.7 Å². The van der Waals surface area contributed by atoms with Crippen LogP contribution in [-0.2, 0) is 13.1 Å². The van der Waals surface area contributed by atoms with Crippen molar-refractivity contribution in [3.8, 4) is 22.9 Å². The molecule has 1 aromatic heterocycles. The van der Waals surface area contributed by atoms with E-state index in [1.807, 2.05) is 32.3 Å². The second kappa shape index (κ2) is 11.6. The summed E-state index contributed by atoms with van der Waals surface area (Å²) in [7, 11) is 2.17.